The molecule has 0 bridgehead atoms. The average molecular weight is 330 g/mol. The van der Waals surface area contributed by atoms with E-state index in [-0.39, 0.29) is 29.2 Å². The largest absolute Gasteiger partial charge is 0.335 e. The summed E-state index contributed by atoms with van der Waals surface area (Å²) in [5.74, 6) is -0.211. The van der Waals surface area contributed by atoms with Crippen LogP contribution in [0.5, 0.6) is 0 Å². The number of carbonyl (C=O) groups excluding carboxylic acids is 1. The maximum atomic E-state index is 13.1. The van der Waals surface area contributed by atoms with Crippen LogP contribution in [0, 0.1) is 11.7 Å². The predicted octanol–water partition coefficient (Wildman–Crippen LogP) is 3.24. The van der Waals surface area contributed by atoms with Gasteiger partial charge >= 0.3 is 0 Å². The first-order valence-corrected chi connectivity index (χ1v) is 8.16. The van der Waals surface area contributed by atoms with E-state index in [0.29, 0.717) is 18.5 Å². The molecule has 0 saturated heterocycles. The summed E-state index contributed by atoms with van der Waals surface area (Å²) < 4.78 is 13.1. The van der Waals surface area contributed by atoms with E-state index in [1.165, 1.54) is 24.4 Å². The highest BCUT2D eigenvalue weighted by molar-refractivity contribution is 5.94. The van der Waals surface area contributed by atoms with Gasteiger partial charge in [-0.2, -0.15) is 0 Å². The highest BCUT2D eigenvalue weighted by Gasteiger charge is 2.26. The minimum atomic E-state index is -0.295. The summed E-state index contributed by atoms with van der Waals surface area (Å²) in [5, 5.41) is 0. The fourth-order valence-electron chi connectivity index (χ4n) is 2.84. The highest BCUT2D eigenvalue weighted by Crippen LogP contribution is 2.19. The van der Waals surface area contributed by atoms with Crippen LogP contribution < -0.4 is 5.56 Å². The van der Waals surface area contributed by atoms with Gasteiger partial charge < -0.3 is 9.88 Å². The van der Waals surface area contributed by atoms with Gasteiger partial charge in [0.1, 0.15) is 5.82 Å². The number of amides is 1. The van der Waals surface area contributed by atoms with E-state index in [1.807, 2.05) is 6.92 Å². The zero-order chi connectivity index (χ0) is 17.7. The molecule has 1 aromatic heterocycles. The molecule has 0 aliphatic rings. The molecular formula is C19H23FN2O2. The van der Waals surface area contributed by atoms with E-state index >= 15 is 0 Å². The van der Waals surface area contributed by atoms with Gasteiger partial charge in [-0.05, 0) is 43.0 Å². The van der Waals surface area contributed by atoms with Gasteiger partial charge in [0.05, 0.1) is 0 Å². The first-order chi connectivity index (χ1) is 11.4. The van der Waals surface area contributed by atoms with E-state index in [0.717, 1.165) is 5.56 Å². The summed E-state index contributed by atoms with van der Waals surface area (Å²) in [5.41, 5.74) is 1.06. The molecule has 1 unspecified atom stereocenters. The Morgan fingerprint density at radius 2 is 1.88 bits per heavy atom. The number of hydrogen-bond donors (Lipinski definition) is 1. The van der Waals surface area contributed by atoms with E-state index in [4.69, 9.17) is 0 Å². The molecule has 24 heavy (non-hydrogen) atoms. The van der Waals surface area contributed by atoms with Crippen molar-refractivity contribution < 1.29 is 9.18 Å². The topological polar surface area (TPSA) is 53.2 Å². The molecule has 2 rings (SSSR count). The van der Waals surface area contributed by atoms with Crippen LogP contribution >= 0.6 is 0 Å². The summed E-state index contributed by atoms with van der Waals surface area (Å²) in [4.78, 5) is 28.6. The molecule has 1 N–H and O–H groups in total. The first-order valence-electron chi connectivity index (χ1n) is 8.16. The molecule has 0 spiro atoms. The molecule has 0 radical (unpaired) electrons. The molecule has 2 aromatic rings. The molecule has 0 saturated carbocycles. The molecule has 0 aliphatic carbocycles. The van der Waals surface area contributed by atoms with Crippen LogP contribution in [-0.2, 0) is 6.42 Å². The second-order valence-corrected chi connectivity index (χ2v) is 6.17. The lowest BCUT2D eigenvalue weighted by molar-refractivity contribution is 0.0638. The number of hydrogen-bond acceptors (Lipinski definition) is 2. The number of nitrogens with one attached hydrogen (secondary N) is 1. The van der Waals surface area contributed by atoms with Crippen molar-refractivity contribution in [2.24, 2.45) is 5.92 Å². The van der Waals surface area contributed by atoms with Crippen molar-refractivity contribution >= 4 is 5.91 Å². The molecule has 1 aromatic carbocycles. The zero-order valence-corrected chi connectivity index (χ0v) is 14.3. The Labute approximate surface area is 141 Å². The smallest absolute Gasteiger partial charge is 0.254 e. The van der Waals surface area contributed by atoms with Crippen molar-refractivity contribution in [1.29, 1.82) is 0 Å². The monoisotopic (exact) mass is 330 g/mol. The van der Waals surface area contributed by atoms with Crippen molar-refractivity contribution in [2.45, 2.75) is 33.2 Å². The van der Waals surface area contributed by atoms with Crippen molar-refractivity contribution in [2.75, 3.05) is 6.54 Å². The third-order valence-electron chi connectivity index (χ3n) is 4.15. The lowest BCUT2D eigenvalue weighted by atomic mass is 9.94. The zero-order valence-electron chi connectivity index (χ0n) is 14.3. The number of likely N-dealkylation sites (N-methyl/N-ethyl adjacent to an activating group) is 1. The molecule has 4 nitrogen and oxygen atoms in total. The van der Waals surface area contributed by atoms with Crippen molar-refractivity contribution in [3.05, 3.63) is 69.9 Å². The van der Waals surface area contributed by atoms with Crippen LogP contribution in [-0.4, -0.2) is 28.4 Å². The number of halogens is 1. The van der Waals surface area contributed by atoms with Gasteiger partial charge in [-0.25, -0.2) is 4.39 Å². The summed E-state index contributed by atoms with van der Waals surface area (Å²) in [6.07, 6.45) is 2.12. The predicted molar refractivity (Wildman–Crippen MR) is 92.5 cm³/mol. The van der Waals surface area contributed by atoms with Gasteiger partial charge in [0.25, 0.3) is 5.91 Å². The summed E-state index contributed by atoms with van der Waals surface area (Å²) in [6.45, 7) is 6.57. The van der Waals surface area contributed by atoms with Crippen LogP contribution in [0.2, 0.25) is 0 Å². The molecule has 128 valence electrons. The van der Waals surface area contributed by atoms with Crippen LogP contribution in [0.3, 0.4) is 0 Å². The Kier molecular flexibility index (Phi) is 5.90. The summed E-state index contributed by atoms with van der Waals surface area (Å²) in [7, 11) is 0. The van der Waals surface area contributed by atoms with Crippen molar-refractivity contribution in [3.8, 4) is 0 Å². The van der Waals surface area contributed by atoms with E-state index in [1.54, 1.807) is 23.1 Å². The van der Waals surface area contributed by atoms with Crippen molar-refractivity contribution in [1.82, 2.24) is 9.88 Å². The normalized spacial score (nSPS) is 12.2. The fraction of sp³-hybridized carbons (Fsp3) is 0.368. The van der Waals surface area contributed by atoms with E-state index < -0.39 is 0 Å². The second kappa shape index (κ2) is 7.90. The first kappa shape index (κ1) is 17.9. The van der Waals surface area contributed by atoms with Crippen molar-refractivity contribution in [3.63, 3.8) is 0 Å². The standard InChI is InChI=1S/C19H23FN2O2/c1-4-22(19(24)15-9-10-21-18(23)12-15)17(13(2)3)11-14-5-7-16(20)8-6-14/h5-10,12-13,17H,4,11H2,1-3H3,(H,21,23). The molecule has 1 heterocycles. The maximum Gasteiger partial charge on any atom is 0.254 e. The SMILES string of the molecule is CCN(C(=O)c1cc[nH]c(=O)c1)C(Cc1ccc(F)cc1)C(C)C. The van der Waals surface area contributed by atoms with Gasteiger partial charge in [0.2, 0.25) is 5.56 Å². The van der Waals surface area contributed by atoms with Gasteiger partial charge in [-0.3, -0.25) is 9.59 Å². The molecule has 5 heteroatoms. The van der Waals surface area contributed by atoms with Gasteiger partial charge in [0, 0.05) is 30.4 Å². The van der Waals surface area contributed by atoms with Crippen LogP contribution in [0.15, 0.2) is 47.4 Å². The van der Waals surface area contributed by atoms with Crippen LogP contribution in [0.4, 0.5) is 4.39 Å². The summed E-state index contributed by atoms with van der Waals surface area (Å²) >= 11 is 0. The Morgan fingerprint density at radius 1 is 1.21 bits per heavy atom. The minimum Gasteiger partial charge on any atom is -0.335 e. The van der Waals surface area contributed by atoms with Gasteiger partial charge in [0.15, 0.2) is 0 Å². The lowest BCUT2D eigenvalue weighted by Crippen LogP contribution is -2.44. The Hall–Kier alpha value is -2.43. The molecule has 0 aliphatic heterocycles. The number of rotatable bonds is 6. The van der Waals surface area contributed by atoms with E-state index in [2.05, 4.69) is 18.8 Å². The average Bonchev–Trinajstić information content (AvgIpc) is 2.56. The number of aromatic amines is 1. The third kappa shape index (κ3) is 4.31. The van der Waals surface area contributed by atoms with Crippen LogP contribution in [0.1, 0.15) is 36.7 Å². The van der Waals surface area contributed by atoms with E-state index in [9.17, 15) is 14.0 Å². The lowest BCUT2D eigenvalue weighted by Gasteiger charge is -2.34. The fourth-order valence-corrected chi connectivity index (χ4v) is 2.84. The Bertz CT molecular complexity index is 738. The number of H-pyrrole nitrogens is 1. The van der Waals surface area contributed by atoms with Gasteiger partial charge in [-0.15, -0.1) is 0 Å². The Morgan fingerprint density at radius 3 is 2.42 bits per heavy atom. The molecular weight excluding hydrogens is 307 g/mol. The number of nitrogens with zero attached hydrogens (tertiary/aromatic N) is 1. The number of aromatic nitrogens is 1. The highest BCUT2D eigenvalue weighted by atomic mass is 19.1. The quantitative estimate of drug-likeness (QED) is 0.884. The number of benzene rings is 1. The Balaban J connectivity index is 2.27. The molecule has 1 atom stereocenters. The minimum absolute atomic E-state index is 0.0350. The number of carbonyl (C=O) groups is 1. The number of pyridine rings is 1. The van der Waals surface area contributed by atoms with Gasteiger partial charge in [-0.1, -0.05) is 26.0 Å². The van der Waals surface area contributed by atoms with Crippen LogP contribution in [0.25, 0.3) is 0 Å². The summed E-state index contributed by atoms with van der Waals surface area (Å²) in [6, 6.07) is 9.25. The third-order valence-corrected chi connectivity index (χ3v) is 4.15. The molecule has 0 fully saturated rings. The second-order valence-electron chi connectivity index (χ2n) is 6.17. The molecule has 1 amide bonds. The maximum absolute atomic E-state index is 13.1.